The molecule has 2 fully saturated rings. The number of carbonyl (C=O) groups is 1. The van der Waals surface area contributed by atoms with Crippen molar-refractivity contribution in [2.45, 2.75) is 38.1 Å². The van der Waals surface area contributed by atoms with Crippen LogP contribution in [0.5, 0.6) is 0 Å². The van der Waals surface area contributed by atoms with Gasteiger partial charge in [-0.2, -0.15) is 0 Å². The summed E-state index contributed by atoms with van der Waals surface area (Å²) in [4.78, 5) is 12.0. The number of hydrogen-bond acceptors (Lipinski definition) is 3. The highest BCUT2D eigenvalue weighted by molar-refractivity contribution is 5.79. The van der Waals surface area contributed by atoms with Crippen molar-refractivity contribution in [2.75, 3.05) is 26.3 Å². The molecule has 0 unspecified atom stereocenters. The Balaban J connectivity index is 1.95. The van der Waals surface area contributed by atoms with E-state index in [0.717, 1.165) is 32.4 Å². The van der Waals surface area contributed by atoms with E-state index >= 15 is 0 Å². The summed E-state index contributed by atoms with van der Waals surface area (Å²) in [6.45, 7) is 3.06. The molecule has 2 rings (SSSR count). The SMILES string of the molecule is O=C1NCCOCCCN[C@H]2CCCC[C@@H]12. The van der Waals surface area contributed by atoms with E-state index in [1.54, 1.807) is 0 Å². The Morgan fingerprint density at radius 1 is 1.06 bits per heavy atom. The lowest BCUT2D eigenvalue weighted by Crippen LogP contribution is -2.46. The van der Waals surface area contributed by atoms with Gasteiger partial charge in [0.05, 0.1) is 12.5 Å². The standard InChI is InChI=1S/C12H22N2O2/c15-12-10-4-1-2-5-11(10)13-6-3-8-16-9-7-14-12/h10-11,13H,1-9H2,(H,14,15)/t10-,11+/m1/s1. The van der Waals surface area contributed by atoms with Crippen LogP contribution in [0.25, 0.3) is 0 Å². The van der Waals surface area contributed by atoms with Gasteiger partial charge in [-0.05, 0) is 25.8 Å². The summed E-state index contributed by atoms with van der Waals surface area (Å²) in [6.07, 6.45) is 5.64. The van der Waals surface area contributed by atoms with Crippen LogP contribution in [0.3, 0.4) is 0 Å². The van der Waals surface area contributed by atoms with Crippen LogP contribution in [0.4, 0.5) is 0 Å². The third-order valence-corrected chi connectivity index (χ3v) is 3.52. The van der Waals surface area contributed by atoms with Crippen LogP contribution in [0.2, 0.25) is 0 Å². The number of fused-ring (bicyclic) bond motifs is 1. The van der Waals surface area contributed by atoms with E-state index in [1.165, 1.54) is 12.8 Å². The molecule has 1 heterocycles. The maximum Gasteiger partial charge on any atom is 0.224 e. The molecular weight excluding hydrogens is 204 g/mol. The fourth-order valence-electron chi connectivity index (χ4n) is 2.63. The van der Waals surface area contributed by atoms with Gasteiger partial charge in [-0.25, -0.2) is 0 Å². The van der Waals surface area contributed by atoms with E-state index < -0.39 is 0 Å². The lowest BCUT2D eigenvalue weighted by Gasteiger charge is -2.31. The molecular formula is C12H22N2O2. The lowest BCUT2D eigenvalue weighted by atomic mass is 9.83. The molecule has 0 spiro atoms. The molecule has 2 aliphatic rings. The summed E-state index contributed by atoms with van der Waals surface area (Å²) >= 11 is 0. The first-order valence-electron chi connectivity index (χ1n) is 6.47. The van der Waals surface area contributed by atoms with Crippen LogP contribution < -0.4 is 10.6 Å². The average molecular weight is 226 g/mol. The molecule has 2 N–H and O–H groups in total. The Kier molecular flexibility index (Phi) is 4.60. The Labute approximate surface area is 97.1 Å². The van der Waals surface area contributed by atoms with Crippen molar-refractivity contribution in [3.05, 3.63) is 0 Å². The molecule has 92 valence electrons. The molecule has 2 atom stereocenters. The second-order valence-electron chi connectivity index (χ2n) is 4.71. The molecule has 1 saturated carbocycles. The van der Waals surface area contributed by atoms with Gasteiger partial charge < -0.3 is 15.4 Å². The van der Waals surface area contributed by atoms with Crippen LogP contribution >= 0.6 is 0 Å². The highest BCUT2D eigenvalue weighted by Crippen LogP contribution is 2.24. The Morgan fingerprint density at radius 3 is 2.88 bits per heavy atom. The third-order valence-electron chi connectivity index (χ3n) is 3.52. The molecule has 4 heteroatoms. The number of ether oxygens (including phenoxy) is 1. The van der Waals surface area contributed by atoms with Crippen molar-refractivity contribution < 1.29 is 9.53 Å². The predicted octanol–water partition coefficient (Wildman–Crippen LogP) is 0.671. The minimum absolute atomic E-state index is 0.173. The van der Waals surface area contributed by atoms with Gasteiger partial charge in [-0.15, -0.1) is 0 Å². The van der Waals surface area contributed by atoms with Crippen LogP contribution in [0.1, 0.15) is 32.1 Å². The summed E-state index contributed by atoms with van der Waals surface area (Å²) in [5.74, 6) is 0.384. The summed E-state index contributed by atoms with van der Waals surface area (Å²) in [7, 11) is 0. The van der Waals surface area contributed by atoms with E-state index in [-0.39, 0.29) is 11.8 Å². The first kappa shape index (κ1) is 11.9. The quantitative estimate of drug-likeness (QED) is 0.638. The van der Waals surface area contributed by atoms with Gasteiger partial charge in [0.1, 0.15) is 0 Å². The zero-order valence-corrected chi connectivity index (χ0v) is 9.84. The third kappa shape index (κ3) is 3.19. The first-order chi connectivity index (χ1) is 7.88. The summed E-state index contributed by atoms with van der Waals surface area (Å²) in [5, 5.41) is 6.48. The van der Waals surface area contributed by atoms with Crippen LogP contribution in [-0.4, -0.2) is 38.3 Å². The molecule has 0 aromatic heterocycles. The lowest BCUT2D eigenvalue weighted by molar-refractivity contribution is -0.126. The normalized spacial score (nSPS) is 33.4. The monoisotopic (exact) mass is 226 g/mol. The van der Waals surface area contributed by atoms with Crippen molar-refractivity contribution >= 4 is 5.91 Å². The number of nitrogens with one attached hydrogen (secondary N) is 2. The van der Waals surface area contributed by atoms with Gasteiger partial charge in [0.15, 0.2) is 0 Å². The molecule has 0 radical (unpaired) electrons. The maximum absolute atomic E-state index is 12.0. The van der Waals surface area contributed by atoms with Gasteiger partial charge in [0, 0.05) is 19.2 Å². The molecule has 16 heavy (non-hydrogen) atoms. The van der Waals surface area contributed by atoms with Crippen molar-refractivity contribution in [3.8, 4) is 0 Å². The average Bonchev–Trinajstić information content (AvgIpc) is 2.35. The smallest absolute Gasteiger partial charge is 0.224 e. The number of amides is 1. The van der Waals surface area contributed by atoms with E-state index in [1.807, 2.05) is 0 Å². The zero-order chi connectivity index (χ0) is 11.2. The molecule has 0 aromatic carbocycles. The van der Waals surface area contributed by atoms with Crippen LogP contribution in [0, 0.1) is 5.92 Å². The summed E-state index contributed by atoms with van der Waals surface area (Å²) < 4.78 is 5.41. The Morgan fingerprint density at radius 2 is 1.94 bits per heavy atom. The van der Waals surface area contributed by atoms with Crippen molar-refractivity contribution in [1.29, 1.82) is 0 Å². The molecule has 1 saturated heterocycles. The second-order valence-corrected chi connectivity index (χ2v) is 4.71. The van der Waals surface area contributed by atoms with Crippen molar-refractivity contribution in [3.63, 3.8) is 0 Å². The number of rotatable bonds is 0. The highest BCUT2D eigenvalue weighted by Gasteiger charge is 2.30. The molecule has 1 aliphatic carbocycles. The first-order valence-corrected chi connectivity index (χ1v) is 6.47. The Bertz CT molecular complexity index is 233. The summed E-state index contributed by atoms with van der Waals surface area (Å²) in [5.41, 5.74) is 0. The van der Waals surface area contributed by atoms with Gasteiger partial charge >= 0.3 is 0 Å². The van der Waals surface area contributed by atoms with Gasteiger partial charge in [0.2, 0.25) is 5.91 Å². The predicted molar refractivity (Wildman–Crippen MR) is 62.2 cm³/mol. The van der Waals surface area contributed by atoms with Gasteiger partial charge in [-0.3, -0.25) is 4.79 Å². The number of carbonyl (C=O) groups excluding carboxylic acids is 1. The molecule has 0 bridgehead atoms. The topological polar surface area (TPSA) is 50.4 Å². The second kappa shape index (κ2) is 6.21. The maximum atomic E-state index is 12.0. The zero-order valence-electron chi connectivity index (χ0n) is 9.84. The van der Waals surface area contributed by atoms with E-state index in [9.17, 15) is 4.79 Å². The molecule has 0 aromatic rings. The fraction of sp³-hybridized carbons (Fsp3) is 0.917. The van der Waals surface area contributed by atoms with E-state index in [4.69, 9.17) is 4.74 Å². The Hall–Kier alpha value is -0.610. The van der Waals surface area contributed by atoms with Crippen molar-refractivity contribution in [1.82, 2.24) is 10.6 Å². The van der Waals surface area contributed by atoms with Gasteiger partial charge in [-0.1, -0.05) is 12.8 Å². The van der Waals surface area contributed by atoms with Crippen LogP contribution in [-0.2, 0) is 9.53 Å². The van der Waals surface area contributed by atoms with E-state index in [0.29, 0.717) is 19.2 Å². The minimum atomic E-state index is 0.173. The molecule has 1 amide bonds. The summed E-state index contributed by atoms with van der Waals surface area (Å²) in [6, 6.07) is 0.381. The highest BCUT2D eigenvalue weighted by atomic mass is 16.5. The minimum Gasteiger partial charge on any atom is -0.380 e. The molecule has 4 nitrogen and oxygen atoms in total. The van der Waals surface area contributed by atoms with Crippen LogP contribution in [0.15, 0.2) is 0 Å². The van der Waals surface area contributed by atoms with Crippen molar-refractivity contribution in [2.24, 2.45) is 5.92 Å². The van der Waals surface area contributed by atoms with E-state index in [2.05, 4.69) is 10.6 Å². The number of hydrogen-bond donors (Lipinski definition) is 2. The largest absolute Gasteiger partial charge is 0.380 e. The molecule has 1 aliphatic heterocycles. The fourth-order valence-corrected chi connectivity index (χ4v) is 2.63. The van der Waals surface area contributed by atoms with Gasteiger partial charge in [0.25, 0.3) is 0 Å².